The van der Waals surface area contributed by atoms with E-state index in [1.807, 2.05) is 42.5 Å². The highest BCUT2D eigenvalue weighted by atomic mass is 32.2. The van der Waals surface area contributed by atoms with Crippen molar-refractivity contribution in [3.63, 3.8) is 0 Å². The quantitative estimate of drug-likeness (QED) is 0.715. The Balaban J connectivity index is 1.71. The van der Waals surface area contributed by atoms with Gasteiger partial charge in [-0.05, 0) is 23.8 Å². The molecule has 1 heterocycles. The molecule has 0 bridgehead atoms. The summed E-state index contributed by atoms with van der Waals surface area (Å²) in [5.41, 5.74) is 2.04. The van der Waals surface area contributed by atoms with Crippen LogP contribution in [0.1, 0.15) is 17.2 Å². The molecule has 1 atom stereocenters. The highest BCUT2D eigenvalue weighted by Gasteiger charge is 2.18. The van der Waals surface area contributed by atoms with E-state index in [-0.39, 0.29) is 11.8 Å². The molecular formula is C19H19NO3S. The van der Waals surface area contributed by atoms with Gasteiger partial charge in [0.1, 0.15) is 0 Å². The lowest BCUT2D eigenvalue weighted by molar-refractivity contribution is 0.551. The van der Waals surface area contributed by atoms with Crippen LogP contribution in [-0.2, 0) is 9.84 Å². The molecule has 1 aromatic heterocycles. The number of hydrogen-bond donors (Lipinski definition) is 1. The van der Waals surface area contributed by atoms with Gasteiger partial charge < -0.3 is 9.73 Å². The number of furan rings is 1. The van der Waals surface area contributed by atoms with Gasteiger partial charge in [0.2, 0.25) is 0 Å². The van der Waals surface area contributed by atoms with Gasteiger partial charge in [-0.15, -0.1) is 0 Å². The molecule has 0 amide bonds. The van der Waals surface area contributed by atoms with Gasteiger partial charge in [-0.1, -0.05) is 48.5 Å². The lowest BCUT2D eigenvalue weighted by atomic mass is 10.0. The van der Waals surface area contributed by atoms with Crippen LogP contribution in [0.3, 0.4) is 0 Å². The van der Waals surface area contributed by atoms with Gasteiger partial charge in [-0.25, -0.2) is 8.42 Å². The molecular weight excluding hydrogens is 322 g/mol. The van der Waals surface area contributed by atoms with Gasteiger partial charge in [-0.3, -0.25) is 0 Å². The number of sulfone groups is 1. The molecule has 124 valence electrons. The van der Waals surface area contributed by atoms with E-state index in [2.05, 4.69) is 5.32 Å². The fraction of sp³-hybridized carbons (Fsp3) is 0.158. The molecule has 24 heavy (non-hydrogen) atoms. The zero-order chi connectivity index (χ0) is 16.8. The third kappa shape index (κ3) is 3.93. The smallest absolute Gasteiger partial charge is 0.179 e. The van der Waals surface area contributed by atoms with Crippen molar-refractivity contribution < 1.29 is 12.8 Å². The van der Waals surface area contributed by atoms with E-state index in [4.69, 9.17) is 4.42 Å². The van der Waals surface area contributed by atoms with Crippen molar-refractivity contribution in [2.75, 3.05) is 12.3 Å². The Bertz CT molecular complexity index is 844. The van der Waals surface area contributed by atoms with E-state index in [1.165, 1.54) is 0 Å². The summed E-state index contributed by atoms with van der Waals surface area (Å²) in [6.07, 6.45) is 3.30. The molecule has 0 radical (unpaired) electrons. The van der Waals surface area contributed by atoms with E-state index in [9.17, 15) is 8.42 Å². The molecule has 1 N–H and O–H groups in total. The topological polar surface area (TPSA) is 59.3 Å². The van der Waals surface area contributed by atoms with Crippen LogP contribution in [0.15, 0.2) is 88.6 Å². The molecule has 3 rings (SSSR count). The Morgan fingerprint density at radius 1 is 0.875 bits per heavy atom. The van der Waals surface area contributed by atoms with Crippen LogP contribution in [0.4, 0.5) is 0 Å². The fourth-order valence-corrected chi connectivity index (χ4v) is 3.79. The largest absolute Gasteiger partial charge is 0.472 e. The summed E-state index contributed by atoms with van der Waals surface area (Å²) in [7, 11) is -3.29. The molecule has 0 aliphatic heterocycles. The lowest BCUT2D eigenvalue weighted by Gasteiger charge is -2.18. The van der Waals surface area contributed by atoms with Crippen molar-refractivity contribution in [2.24, 2.45) is 0 Å². The van der Waals surface area contributed by atoms with Crippen LogP contribution in [-0.4, -0.2) is 20.7 Å². The SMILES string of the molecule is O=S(=O)(CCN[C@@H](c1ccccc1)c1ccoc1)c1ccccc1. The number of benzene rings is 2. The molecule has 0 aliphatic carbocycles. The van der Waals surface area contributed by atoms with Crippen molar-refractivity contribution >= 4 is 9.84 Å². The van der Waals surface area contributed by atoms with Crippen LogP contribution in [0, 0.1) is 0 Å². The molecule has 0 unspecified atom stereocenters. The van der Waals surface area contributed by atoms with Crippen molar-refractivity contribution in [1.82, 2.24) is 5.32 Å². The van der Waals surface area contributed by atoms with Gasteiger partial charge in [0.15, 0.2) is 9.84 Å². The molecule has 0 saturated carbocycles. The average Bonchev–Trinajstić information content (AvgIpc) is 3.14. The normalized spacial score (nSPS) is 12.8. The predicted octanol–water partition coefficient (Wildman–Crippen LogP) is 3.43. The molecule has 0 aliphatic rings. The summed E-state index contributed by atoms with van der Waals surface area (Å²) in [5.74, 6) is 0.0399. The first-order valence-electron chi connectivity index (χ1n) is 7.75. The van der Waals surface area contributed by atoms with Gasteiger partial charge in [0.05, 0.1) is 29.2 Å². The van der Waals surface area contributed by atoms with Crippen LogP contribution in [0.2, 0.25) is 0 Å². The second kappa shape index (κ2) is 7.47. The Labute approximate surface area is 142 Å². The Morgan fingerprint density at radius 2 is 1.54 bits per heavy atom. The molecule has 0 saturated heterocycles. The first kappa shape index (κ1) is 16.5. The Kier molecular flexibility index (Phi) is 5.13. The maximum atomic E-state index is 12.4. The zero-order valence-electron chi connectivity index (χ0n) is 13.1. The molecule has 0 fully saturated rings. The van der Waals surface area contributed by atoms with Gasteiger partial charge in [0, 0.05) is 12.1 Å². The zero-order valence-corrected chi connectivity index (χ0v) is 13.9. The minimum absolute atomic E-state index is 0.0399. The molecule has 5 heteroatoms. The maximum absolute atomic E-state index is 12.4. The van der Waals surface area contributed by atoms with Gasteiger partial charge in [0.25, 0.3) is 0 Å². The van der Waals surface area contributed by atoms with E-state index in [1.54, 1.807) is 36.8 Å². The second-order valence-corrected chi connectivity index (χ2v) is 7.60. The molecule has 4 nitrogen and oxygen atoms in total. The lowest BCUT2D eigenvalue weighted by Crippen LogP contribution is -2.28. The van der Waals surface area contributed by atoms with Crippen LogP contribution >= 0.6 is 0 Å². The first-order valence-corrected chi connectivity index (χ1v) is 9.40. The van der Waals surface area contributed by atoms with E-state index < -0.39 is 9.84 Å². The standard InChI is InChI=1S/C19H19NO3S/c21-24(22,18-9-5-2-6-10-18)14-12-20-19(17-11-13-23-15-17)16-7-3-1-4-8-16/h1-11,13,15,19-20H,12,14H2/t19-/m0/s1. The number of hydrogen-bond acceptors (Lipinski definition) is 4. The molecule has 0 spiro atoms. The van der Waals surface area contributed by atoms with Crippen LogP contribution in [0.5, 0.6) is 0 Å². The Morgan fingerprint density at radius 3 is 2.17 bits per heavy atom. The monoisotopic (exact) mass is 341 g/mol. The molecule has 3 aromatic rings. The summed E-state index contributed by atoms with van der Waals surface area (Å²) in [4.78, 5) is 0.353. The summed E-state index contributed by atoms with van der Waals surface area (Å²) in [5, 5.41) is 3.33. The summed E-state index contributed by atoms with van der Waals surface area (Å²) >= 11 is 0. The van der Waals surface area contributed by atoms with Crippen LogP contribution < -0.4 is 5.32 Å². The average molecular weight is 341 g/mol. The third-order valence-corrected chi connectivity index (χ3v) is 5.56. The van der Waals surface area contributed by atoms with E-state index in [0.717, 1.165) is 11.1 Å². The highest BCUT2D eigenvalue weighted by Crippen LogP contribution is 2.22. The number of rotatable bonds is 7. The molecule has 2 aromatic carbocycles. The maximum Gasteiger partial charge on any atom is 0.179 e. The Hall–Kier alpha value is -2.37. The van der Waals surface area contributed by atoms with Gasteiger partial charge >= 0.3 is 0 Å². The van der Waals surface area contributed by atoms with Crippen molar-refractivity contribution in [3.05, 3.63) is 90.4 Å². The summed E-state index contributed by atoms with van der Waals surface area (Å²) < 4.78 is 29.9. The first-order chi connectivity index (χ1) is 11.7. The van der Waals surface area contributed by atoms with Crippen LogP contribution in [0.25, 0.3) is 0 Å². The van der Waals surface area contributed by atoms with Gasteiger partial charge in [-0.2, -0.15) is 0 Å². The van der Waals surface area contributed by atoms with Crippen molar-refractivity contribution in [3.8, 4) is 0 Å². The van der Waals surface area contributed by atoms with Crippen molar-refractivity contribution in [1.29, 1.82) is 0 Å². The summed E-state index contributed by atoms with van der Waals surface area (Å²) in [6, 6.07) is 20.2. The van der Waals surface area contributed by atoms with E-state index in [0.29, 0.717) is 11.4 Å². The minimum Gasteiger partial charge on any atom is -0.472 e. The minimum atomic E-state index is -3.29. The third-order valence-electron chi connectivity index (χ3n) is 3.83. The summed E-state index contributed by atoms with van der Waals surface area (Å²) in [6.45, 7) is 0.349. The predicted molar refractivity (Wildman–Crippen MR) is 93.5 cm³/mol. The number of nitrogens with one attached hydrogen (secondary N) is 1. The fourth-order valence-electron chi connectivity index (χ4n) is 2.60. The van der Waals surface area contributed by atoms with Crippen molar-refractivity contribution in [2.45, 2.75) is 10.9 Å². The van der Waals surface area contributed by atoms with E-state index >= 15 is 0 Å². The second-order valence-electron chi connectivity index (χ2n) is 5.49. The highest BCUT2D eigenvalue weighted by molar-refractivity contribution is 7.91.